The fraction of sp³-hybridized carbons (Fsp3) is 0.167. The standard InChI is InChI=1S/C24H22FN3O4S/c1-16-12-19(17-8-4-2-5-9-17)13-21(22(16)25)23(29)26-27-33(31,32)20-14-28(15-20)24(30)18-10-6-3-7-11-18/h2-13,20,27H,14-15H2,1H3,(H,26,29). The van der Waals surface area contributed by atoms with E-state index in [1.807, 2.05) is 35.2 Å². The lowest BCUT2D eigenvalue weighted by molar-refractivity contribution is 0.0657. The average molecular weight is 468 g/mol. The number of benzene rings is 3. The first-order valence-electron chi connectivity index (χ1n) is 10.3. The minimum Gasteiger partial charge on any atom is -0.336 e. The molecule has 7 nitrogen and oxygen atoms in total. The monoisotopic (exact) mass is 467 g/mol. The highest BCUT2D eigenvalue weighted by atomic mass is 32.2. The Balaban J connectivity index is 1.41. The van der Waals surface area contributed by atoms with Gasteiger partial charge in [-0.1, -0.05) is 48.5 Å². The van der Waals surface area contributed by atoms with Crippen LogP contribution in [0.25, 0.3) is 11.1 Å². The predicted octanol–water partition coefficient (Wildman–Crippen LogP) is 2.89. The molecule has 1 saturated heterocycles. The van der Waals surface area contributed by atoms with E-state index in [9.17, 15) is 22.4 Å². The van der Waals surface area contributed by atoms with Crippen LogP contribution in [0.15, 0.2) is 72.8 Å². The number of hydrazine groups is 1. The fourth-order valence-corrected chi connectivity index (χ4v) is 4.72. The van der Waals surface area contributed by atoms with Crippen molar-refractivity contribution in [3.63, 3.8) is 0 Å². The molecular formula is C24H22FN3O4S. The highest BCUT2D eigenvalue weighted by Gasteiger charge is 2.40. The Morgan fingerprint density at radius 3 is 2.18 bits per heavy atom. The van der Waals surface area contributed by atoms with Crippen LogP contribution in [-0.4, -0.2) is 43.5 Å². The third-order valence-corrected chi connectivity index (χ3v) is 7.07. The number of nitrogens with one attached hydrogen (secondary N) is 2. The predicted molar refractivity (Wildman–Crippen MR) is 122 cm³/mol. The van der Waals surface area contributed by atoms with Gasteiger partial charge in [-0.3, -0.25) is 15.0 Å². The summed E-state index contributed by atoms with van der Waals surface area (Å²) in [7, 11) is -3.96. The van der Waals surface area contributed by atoms with E-state index < -0.39 is 27.0 Å². The normalized spacial score (nSPS) is 13.9. The van der Waals surface area contributed by atoms with Gasteiger partial charge in [0, 0.05) is 18.7 Å². The molecule has 33 heavy (non-hydrogen) atoms. The van der Waals surface area contributed by atoms with E-state index in [0.29, 0.717) is 11.1 Å². The van der Waals surface area contributed by atoms with Crippen molar-refractivity contribution in [3.8, 4) is 11.1 Å². The van der Waals surface area contributed by atoms with Gasteiger partial charge in [0.1, 0.15) is 11.1 Å². The molecule has 1 aliphatic heterocycles. The molecule has 9 heteroatoms. The summed E-state index contributed by atoms with van der Waals surface area (Å²) >= 11 is 0. The van der Waals surface area contributed by atoms with Gasteiger partial charge in [-0.15, -0.1) is 4.83 Å². The number of carbonyl (C=O) groups is 2. The second-order valence-electron chi connectivity index (χ2n) is 7.82. The number of nitrogens with zero attached hydrogens (tertiary/aromatic N) is 1. The number of halogens is 1. The number of likely N-dealkylation sites (tertiary alicyclic amines) is 1. The molecule has 2 amide bonds. The minimum atomic E-state index is -3.96. The Morgan fingerprint density at radius 2 is 1.55 bits per heavy atom. The van der Waals surface area contributed by atoms with E-state index in [2.05, 4.69) is 5.43 Å². The molecule has 3 aromatic carbocycles. The summed E-state index contributed by atoms with van der Waals surface area (Å²) in [5.41, 5.74) is 3.99. The van der Waals surface area contributed by atoms with Crippen molar-refractivity contribution >= 4 is 21.8 Å². The van der Waals surface area contributed by atoms with E-state index in [4.69, 9.17) is 0 Å². The third kappa shape index (κ3) is 4.79. The number of hydrogen-bond donors (Lipinski definition) is 2. The fourth-order valence-electron chi connectivity index (χ4n) is 3.56. The molecule has 0 bridgehead atoms. The number of carbonyl (C=O) groups excluding carboxylic acids is 2. The molecular weight excluding hydrogens is 445 g/mol. The molecule has 0 unspecified atom stereocenters. The molecule has 0 radical (unpaired) electrons. The second-order valence-corrected chi connectivity index (χ2v) is 9.78. The summed E-state index contributed by atoms with van der Waals surface area (Å²) in [5.74, 6) is -1.90. The summed E-state index contributed by atoms with van der Waals surface area (Å²) in [6.07, 6.45) is 0. The second kappa shape index (κ2) is 9.13. The van der Waals surface area contributed by atoms with Gasteiger partial charge in [0.2, 0.25) is 10.0 Å². The summed E-state index contributed by atoms with van der Waals surface area (Å²) in [6, 6.07) is 20.7. The van der Waals surface area contributed by atoms with Crippen LogP contribution in [0.4, 0.5) is 4.39 Å². The van der Waals surface area contributed by atoms with Gasteiger partial charge in [-0.25, -0.2) is 12.8 Å². The van der Waals surface area contributed by atoms with Crippen molar-refractivity contribution in [1.29, 1.82) is 0 Å². The minimum absolute atomic E-state index is 0.00407. The largest absolute Gasteiger partial charge is 0.336 e. The van der Waals surface area contributed by atoms with E-state index in [-0.39, 0.29) is 30.1 Å². The van der Waals surface area contributed by atoms with Crippen LogP contribution < -0.4 is 10.3 Å². The van der Waals surface area contributed by atoms with Crippen molar-refractivity contribution in [2.45, 2.75) is 12.2 Å². The Bertz CT molecular complexity index is 1290. The van der Waals surface area contributed by atoms with E-state index in [0.717, 1.165) is 5.56 Å². The van der Waals surface area contributed by atoms with Crippen LogP contribution in [0.5, 0.6) is 0 Å². The Labute approximate surface area is 191 Å². The van der Waals surface area contributed by atoms with Crippen molar-refractivity contribution in [1.82, 2.24) is 15.2 Å². The lowest BCUT2D eigenvalue weighted by Gasteiger charge is -2.38. The number of amides is 2. The lowest BCUT2D eigenvalue weighted by Crippen LogP contribution is -2.61. The quantitative estimate of drug-likeness (QED) is 0.545. The zero-order valence-electron chi connectivity index (χ0n) is 17.8. The highest BCUT2D eigenvalue weighted by Crippen LogP contribution is 2.25. The van der Waals surface area contributed by atoms with E-state index in [1.54, 1.807) is 36.4 Å². The van der Waals surface area contributed by atoms with Gasteiger partial charge >= 0.3 is 0 Å². The molecule has 0 atom stereocenters. The zero-order chi connectivity index (χ0) is 23.6. The van der Waals surface area contributed by atoms with Crippen LogP contribution >= 0.6 is 0 Å². The molecule has 3 aromatic rings. The van der Waals surface area contributed by atoms with Gasteiger partial charge < -0.3 is 4.90 Å². The highest BCUT2D eigenvalue weighted by molar-refractivity contribution is 7.90. The maximum atomic E-state index is 14.6. The van der Waals surface area contributed by atoms with Gasteiger partial charge in [0.05, 0.1) is 5.56 Å². The summed E-state index contributed by atoms with van der Waals surface area (Å²) in [6.45, 7) is 1.53. The number of rotatable bonds is 6. The van der Waals surface area contributed by atoms with Gasteiger partial charge in [-0.05, 0) is 47.9 Å². The molecule has 1 aliphatic rings. The van der Waals surface area contributed by atoms with Gasteiger partial charge in [-0.2, -0.15) is 0 Å². The van der Waals surface area contributed by atoms with Crippen LogP contribution in [-0.2, 0) is 10.0 Å². The molecule has 4 rings (SSSR count). The first-order valence-corrected chi connectivity index (χ1v) is 11.8. The Kier molecular flexibility index (Phi) is 6.26. The summed E-state index contributed by atoms with van der Waals surface area (Å²) in [5, 5.41) is -0.882. The van der Waals surface area contributed by atoms with Crippen molar-refractivity contribution in [3.05, 3.63) is 95.3 Å². The summed E-state index contributed by atoms with van der Waals surface area (Å²) < 4.78 is 39.7. The van der Waals surface area contributed by atoms with Crippen molar-refractivity contribution in [2.75, 3.05) is 13.1 Å². The van der Waals surface area contributed by atoms with Crippen molar-refractivity contribution < 1.29 is 22.4 Å². The van der Waals surface area contributed by atoms with E-state index in [1.165, 1.54) is 17.9 Å². The maximum absolute atomic E-state index is 14.6. The summed E-state index contributed by atoms with van der Waals surface area (Å²) in [4.78, 5) is 28.4. The molecule has 0 saturated carbocycles. The van der Waals surface area contributed by atoms with Crippen LogP contribution in [0.3, 0.4) is 0 Å². The van der Waals surface area contributed by atoms with Crippen LogP contribution in [0.1, 0.15) is 26.3 Å². The zero-order valence-corrected chi connectivity index (χ0v) is 18.6. The molecule has 0 spiro atoms. The average Bonchev–Trinajstić information content (AvgIpc) is 2.79. The first-order chi connectivity index (χ1) is 15.8. The molecule has 170 valence electrons. The molecule has 0 aromatic heterocycles. The van der Waals surface area contributed by atoms with Crippen molar-refractivity contribution in [2.24, 2.45) is 0 Å². The first kappa shape index (κ1) is 22.6. The van der Waals surface area contributed by atoms with Crippen LogP contribution in [0.2, 0.25) is 0 Å². The Hall–Kier alpha value is -3.56. The molecule has 1 fully saturated rings. The molecule has 1 heterocycles. The molecule has 0 aliphatic carbocycles. The molecule has 2 N–H and O–H groups in total. The van der Waals surface area contributed by atoms with E-state index >= 15 is 0 Å². The third-order valence-electron chi connectivity index (χ3n) is 5.51. The lowest BCUT2D eigenvalue weighted by atomic mass is 9.99. The number of sulfonamides is 1. The topological polar surface area (TPSA) is 95.6 Å². The smallest absolute Gasteiger partial charge is 0.269 e. The number of hydrogen-bond acceptors (Lipinski definition) is 4. The Morgan fingerprint density at radius 1 is 0.939 bits per heavy atom. The number of aryl methyl sites for hydroxylation is 1. The SMILES string of the molecule is Cc1cc(-c2ccccc2)cc(C(=O)NNS(=O)(=O)C2CN(C(=O)c3ccccc3)C2)c1F. The van der Waals surface area contributed by atoms with Gasteiger partial charge in [0.25, 0.3) is 11.8 Å². The van der Waals surface area contributed by atoms with Crippen LogP contribution in [0, 0.1) is 12.7 Å². The van der Waals surface area contributed by atoms with Gasteiger partial charge in [0.15, 0.2) is 0 Å². The maximum Gasteiger partial charge on any atom is 0.269 e.